The number of ether oxygens (including phenoxy) is 2. The molecule has 7 nitrogen and oxygen atoms in total. The zero-order valence-corrected chi connectivity index (χ0v) is 15.0. The minimum absolute atomic E-state index is 0.121. The van der Waals surface area contributed by atoms with Crippen molar-refractivity contribution in [1.29, 1.82) is 0 Å². The number of anilines is 1. The number of halogens is 1. The fraction of sp³-hybridized carbons (Fsp3) is 0.375. The first-order chi connectivity index (χ1) is 12.0. The van der Waals surface area contributed by atoms with Gasteiger partial charge in [0.1, 0.15) is 5.82 Å². The van der Waals surface area contributed by atoms with Gasteiger partial charge in [-0.15, -0.1) is 0 Å². The van der Waals surface area contributed by atoms with E-state index in [0.717, 1.165) is 0 Å². The maximum Gasteiger partial charge on any atom is 0.220 e. The summed E-state index contributed by atoms with van der Waals surface area (Å²) in [4.78, 5) is 8.13. The van der Waals surface area contributed by atoms with E-state index in [1.54, 1.807) is 13.0 Å². The predicted molar refractivity (Wildman–Crippen MR) is 91.2 cm³/mol. The van der Waals surface area contributed by atoms with E-state index in [1.165, 1.54) is 31.7 Å². The zero-order valence-electron chi connectivity index (χ0n) is 14.2. The van der Waals surface area contributed by atoms with Gasteiger partial charge in [-0.05, 0) is 24.6 Å². The van der Waals surface area contributed by atoms with Crippen LogP contribution >= 0.6 is 0 Å². The van der Waals surface area contributed by atoms with Crippen LogP contribution in [0.15, 0.2) is 29.6 Å². The number of nitrogens with one attached hydrogen (secondary N) is 1. The predicted octanol–water partition coefficient (Wildman–Crippen LogP) is 2.00. The van der Waals surface area contributed by atoms with E-state index in [9.17, 15) is 13.7 Å². The van der Waals surface area contributed by atoms with Gasteiger partial charge >= 0.3 is 0 Å². The lowest BCUT2D eigenvalue weighted by Crippen LogP contribution is -2.13. The van der Waals surface area contributed by atoms with Gasteiger partial charge in [-0.2, -0.15) is 0 Å². The van der Waals surface area contributed by atoms with Crippen LogP contribution < -0.4 is 10.1 Å². The lowest BCUT2D eigenvalue weighted by Gasteiger charge is -2.16. The van der Waals surface area contributed by atoms with Gasteiger partial charge < -0.3 is 19.9 Å². The summed E-state index contributed by atoms with van der Waals surface area (Å²) in [5.74, 6) is -0.0475. The Hall–Kier alpha value is -2.10. The van der Waals surface area contributed by atoms with E-state index < -0.39 is 22.9 Å². The average molecular weight is 369 g/mol. The Labute approximate surface area is 147 Å². The van der Waals surface area contributed by atoms with Crippen molar-refractivity contribution in [2.24, 2.45) is 0 Å². The Balaban J connectivity index is 2.25. The van der Waals surface area contributed by atoms with Crippen LogP contribution in [0.1, 0.15) is 24.3 Å². The molecule has 0 amide bonds. The molecule has 2 rings (SSSR count). The first-order valence-corrected chi connectivity index (χ1v) is 9.08. The number of benzene rings is 1. The van der Waals surface area contributed by atoms with Crippen LogP contribution in [0.25, 0.3) is 0 Å². The topological polar surface area (TPSA) is 93.6 Å². The van der Waals surface area contributed by atoms with E-state index in [4.69, 9.17) is 9.47 Å². The number of aromatic nitrogens is 2. The lowest BCUT2D eigenvalue weighted by atomic mass is 10.2. The van der Waals surface area contributed by atoms with E-state index in [2.05, 4.69) is 15.3 Å². The fourth-order valence-corrected chi connectivity index (χ4v) is 2.51. The van der Waals surface area contributed by atoms with Crippen molar-refractivity contribution in [1.82, 2.24) is 9.97 Å². The molecule has 0 fully saturated rings. The molecule has 0 saturated carbocycles. The molecule has 1 aromatic carbocycles. The van der Waals surface area contributed by atoms with Crippen LogP contribution in [0, 0.1) is 5.82 Å². The molecule has 0 bridgehead atoms. The van der Waals surface area contributed by atoms with Crippen LogP contribution in [-0.4, -0.2) is 39.3 Å². The summed E-state index contributed by atoms with van der Waals surface area (Å²) in [5, 5.41) is 13.2. The molecule has 1 aromatic heterocycles. The number of rotatable bonds is 8. The molecule has 25 heavy (non-hydrogen) atoms. The van der Waals surface area contributed by atoms with E-state index in [-0.39, 0.29) is 23.3 Å². The third kappa shape index (κ3) is 4.94. The molecular weight excluding hydrogens is 349 g/mol. The number of aliphatic hydroxyl groups is 1. The molecule has 2 unspecified atom stereocenters. The Morgan fingerprint density at radius 3 is 2.80 bits per heavy atom. The quantitative estimate of drug-likeness (QED) is 0.543. The monoisotopic (exact) mass is 369 g/mol. The Morgan fingerprint density at radius 2 is 2.20 bits per heavy atom. The Morgan fingerprint density at radius 1 is 1.44 bits per heavy atom. The number of nitrogens with zero attached hydrogens (tertiary/aromatic N) is 2. The van der Waals surface area contributed by atoms with Gasteiger partial charge in [-0.25, -0.2) is 14.4 Å². The summed E-state index contributed by atoms with van der Waals surface area (Å²) in [6.07, 6.45) is 1.59. The van der Waals surface area contributed by atoms with Gasteiger partial charge in [0.2, 0.25) is 5.16 Å². The molecule has 136 valence electrons. The van der Waals surface area contributed by atoms with Crippen molar-refractivity contribution in [3.05, 3.63) is 41.3 Å². The van der Waals surface area contributed by atoms with Crippen molar-refractivity contribution in [3.63, 3.8) is 0 Å². The molecule has 0 aliphatic carbocycles. The van der Waals surface area contributed by atoms with Crippen molar-refractivity contribution in [2.45, 2.75) is 24.9 Å². The average Bonchev–Trinajstić information content (AvgIpc) is 2.60. The van der Waals surface area contributed by atoms with E-state index in [0.29, 0.717) is 17.7 Å². The highest BCUT2D eigenvalue weighted by molar-refractivity contribution is 7.84. The Kier molecular flexibility index (Phi) is 6.80. The standard InChI is InChI=1S/C16H20FN3O4S/c1-4-24-15(21)11-9-19-16(25(3)22)20-14(11)18-8-10-5-6-13(23-2)12(17)7-10/h5-7,9,15,21H,4,8H2,1-3H3,(H,18,19,20). The van der Waals surface area contributed by atoms with Crippen LogP contribution in [0.3, 0.4) is 0 Å². The zero-order chi connectivity index (χ0) is 18.4. The lowest BCUT2D eigenvalue weighted by molar-refractivity contribution is -0.0979. The summed E-state index contributed by atoms with van der Waals surface area (Å²) in [6.45, 7) is 2.28. The SMILES string of the molecule is CCOC(O)c1cnc(S(C)=O)nc1NCc1ccc(OC)c(F)c1. The molecule has 0 aliphatic heterocycles. The molecule has 2 N–H and O–H groups in total. The van der Waals surface area contributed by atoms with Crippen molar-refractivity contribution in [3.8, 4) is 5.75 Å². The first kappa shape index (κ1) is 19.2. The Bertz CT molecular complexity index is 760. The number of methoxy groups -OCH3 is 1. The minimum atomic E-state index is -1.38. The van der Waals surface area contributed by atoms with Gasteiger partial charge in [0.25, 0.3) is 0 Å². The van der Waals surface area contributed by atoms with Gasteiger partial charge in [-0.3, -0.25) is 4.21 Å². The fourth-order valence-electron chi connectivity index (χ4n) is 2.09. The number of aliphatic hydroxyl groups excluding tert-OH is 1. The maximum atomic E-state index is 13.8. The van der Waals surface area contributed by atoms with Crippen molar-refractivity contribution in [2.75, 3.05) is 25.3 Å². The van der Waals surface area contributed by atoms with Gasteiger partial charge in [0, 0.05) is 25.6 Å². The summed E-state index contributed by atoms with van der Waals surface area (Å²) in [5.41, 5.74) is 0.956. The first-order valence-electron chi connectivity index (χ1n) is 7.52. The summed E-state index contributed by atoms with van der Waals surface area (Å²) >= 11 is 0. The van der Waals surface area contributed by atoms with Gasteiger partial charge in [0.05, 0.1) is 23.5 Å². The summed E-state index contributed by atoms with van der Waals surface area (Å²) in [6, 6.07) is 4.56. The van der Waals surface area contributed by atoms with Crippen molar-refractivity contribution >= 4 is 16.6 Å². The molecule has 2 atom stereocenters. The van der Waals surface area contributed by atoms with Crippen LogP contribution in [0.4, 0.5) is 10.2 Å². The third-order valence-electron chi connectivity index (χ3n) is 3.32. The molecule has 0 aliphatic rings. The van der Waals surface area contributed by atoms with E-state index >= 15 is 0 Å². The van der Waals surface area contributed by atoms with Gasteiger partial charge in [-0.1, -0.05) is 6.07 Å². The highest BCUT2D eigenvalue weighted by atomic mass is 32.2. The smallest absolute Gasteiger partial charge is 0.220 e. The van der Waals surface area contributed by atoms with Crippen LogP contribution in [0.2, 0.25) is 0 Å². The minimum Gasteiger partial charge on any atom is -0.494 e. The molecule has 0 spiro atoms. The van der Waals surface area contributed by atoms with Gasteiger partial charge in [0.15, 0.2) is 17.9 Å². The van der Waals surface area contributed by atoms with Crippen LogP contribution in [0.5, 0.6) is 5.75 Å². The second kappa shape index (κ2) is 8.84. The molecule has 0 saturated heterocycles. The summed E-state index contributed by atoms with van der Waals surface area (Å²) in [7, 11) is 0.0121. The summed E-state index contributed by atoms with van der Waals surface area (Å²) < 4.78 is 35.4. The maximum absolute atomic E-state index is 13.8. The molecule has 2 aromatic rings. The third-order valence-corrected chi connectivity index (χ3v) is 4.03. The molecular formula is C16H20FN3O4S. The number of hydrogen-bond acceptors (Lipinski definition) is 7. The second-order valence-corrected chi connectivity index (χ2v) is 6.31. The van der Waals surface area contributed by atoms with E-state index in [1.807, 2.05) is 0 Å². The second-order valence-electron chi connectivity index (χ2n) is 5.04. The molecule has 1 heterocycles. The molecule has 9 heteroatoms. The van der Waals surface area contributed by atoms with Crippen molar-refractivity contribution < 1.29 is 23.2 Å². The largest absolute Gasteiger partial charge is 0.494 e. The number of hydrogen-bond donors (Lipinski definition) is 2. The molecule has 0 radical (unpaired) electrons. The highest BCUT2D eigenvalue weighted by Crippen LogP contribution is 2.23. The van der Waals surface area contributed by atoms with Crippen LogP contribution in [-0.2, 0) is 22.1 Å². The highest BCUT2D eigenvalue weighted by Gasteiger charge is 2.17. The normalized spacial score (nSPS) is 13.3.